The summed E-state index contributed by atoms with van der Waals surface area (Å²) in [6.07, 6.45) is 2.11. The van der Waals surface area contributed by atoms with Gasteiger partial charge >= 0.3 is 5.97 Å². The molecule has 0 saturated heterocycles. The number of benzene rings is 1. The van der Waals surface area contributed by atoms with E-state index in [-0.39, 0.29) is 34.8 Å². The molecule has 0 bridgehead atoms. The van der Waals surface area contributed by atoms with Crippen LogP contribution in [-0.2, 0) is 16.0 Å². The van der Waals surface area contributed by atoms with Gasteiger partial charge in [-0.3, -0.25) is 14.9 Å². The maximum Gasteiger partial charge on any atom is 0.335 e. The van der Waals surface area contributed by atoms with Crippen LogP contribution in [0.4, 0.5) is 17.5 Å². The van der Waals surface area contributed by atoms with E-state index < -0.39 is 5.97 Å². The Morgan fingerprint density at radius 1 is 1.00 bits per heavy atom. The van der Waals surface area contributed by atoms with Crippen molar-refractivity contribution in [2.45, 2.75) is 20.3 Å². The monoisotopic (exact) mass is 423 g/mol. The number of likely N-dealkylation sites (N-methyl/N-ethyl adjacent to an activating group) is 1. The summed E-state index contributed by atoms with van der Waals surface area (Å²) < 4.78 is 0. The Kier molecular flexibility index (Phi) is 6.34. The van der Waals surface area contributed by atoms with Crippen LogP contribution < -0.4 is 15.5 Å². The van der Waals surface area contributed by atoms with Crippen LogP contribution in [0, 0.1) is 0 Å². The zero-order valence-corrected chi connectivity index (χ0v) is 17.2. The van der Waals surface area contributed by atoms with Gasteiger partial charge in [-0.25, -0.2) is 14.8 Å². The first kappa shape index (κ1) is 21.6. The highest BCUT2D eigenvalue weighted by atomic mass is 16.4. The molecular formula is C20H21N7O4. The van der Waals surface area contributed by atoms with Gasteiger partial charge < -0.3 is 15.3 Å². The number of nitrogens with zero attached hydrogens (tertiary/aromatic N) is 5. The van der Waals surface area contributed by atoms with Crippen molar-refractivity contribution in [2.24, 2.45) is 0 Å². The lowest BCUT2D eigenvalue weighted by atomic mass is 10.2. The predicted molar refractivity (Wildman–Crippen MR) is 114 cm³/mol. The van der Waals surface area contributed by atoms with Crippen molar-refractivity contribution in [3.8, 4) is 0 Å². The largest absolute Gasteiger partial charge is 0.478 e. The van der Waals surface area contributed by atoms with Gasteiger partial charge in [-0.1, -0.05) is 0 Å². The fourth-order valence-electron chi connectivity index (χ4n) is 2.80. The van der Waals surface area contributed by atoms with Gasteiger partial charge in [-0.15, -0.1) is 0 Å². The minimum Gasteiger partial charge on any atom is -0.478 e. The Balaban J connectivity index is 1.81. The number of amides is 2. The van der Waals surface area contributed by atoms with E-state index in [9.17, 15) is 14.4 Å². The van der Waals surface area contributed by atoms with Crippen LogP contribution in [0.5, 0.6) is 0 Å². The second-order valence-corrected chi connectivity index (χ2v) is 6.82. The fourth-order valence-corrected chi connectivity index (χ4v) is 2.80. The van der Waals surface area contributed by atoms with Crippen LogP contribution in [0.15, 0.2) is 30.5 Å². The lowest BCUT2D eigenvalue weighted by Crippen LogP contribution is -2.21. The number of nitrogens with one attached hydrogen (secondary N) is 2. The molecule has 0 saturated carbocycles. The van der Waals surface area contributed by atoms with Crippen LogP contribution in [0.1, 0.15) is 29.9 Å². The van der Waals surface area contributed by atoms with Gasteiger partial charge in [-0.2, -0.15) is 9.97 Å². The molecule has 160 valence electrons. The van der Waals surface area contributed by atoms with Crippen LogP contribution in [0.2, 0.25) is 0 Å². The molecule has 3 rings (SSSR count). The van der Waals surface area contributed by atoms with E-state index >= 15 is 0 Å². The van der Waals surface area contributed by atoms with Gasteiger partial charge in [0.25, 0.3) is 0 Å². The average Bonchev–Trinajstić information content (AvgIpc) is 2.71. The number of rotatable bonds is 7. The van der Waals surface area contributed by atoms with Gasteiger partial charge in [0.05, 0.1) is 17.5 Å². The number of carbonyl (C=O) groups is 3. The van der Waals surface area contributed by atoms with E-state index in [4.69, 9.17) is 5.11 Å². The molecule has 2 heterocycles. The zero-order chi connectivity index (χ0) is 22.5. The summed E-state index contributed by atoms with van der Waals surface area (Å²) in [6, 6.07) is 6.57. The van der Waals surface area contributed by atoms with E-state index in [1.807, 2.05) is 11.9 Å². The van der Waals surface area contributed by atoms with E-state index in [1.165, 1.54) is 13.8 Å². The van der Waals surface area contributed by atoms with E-state index in [0.29, 0.717) is 24.2 Å². The van der Waals surface area contributed by atoms with Crippen molar-refractivity contribution < 1.29 is 19.5 Å². The average molecular weight is 423 g/mol. The molecule has 11 nitrogen and oxygen atoms in total. The van der Waals surface area contributed by atoms with Gasteiger partial charge in [0.15, 0.2) is 17.0 Å². The molecule has 3 aromatic rings. The first-order valence-corrected chi connectivity index (χ1v) is 9.36. The summed E-state index contributed by atoms with van der Waals surface area (Å²) in [5.74, 6) is -1.48. The molecule has 0 atom stereocenters. The predicted octanol–water partition coefficient (Wildman–Crippen LogP) is 1.71. The summed E-state index contributed by atoms with van der Waals surface area (Å²) in [7, 11) is 1.88. The molecule has 0 aliphatic heterocycles. The van der Waals surface area contributed by atoms with Gasteiger partial charge in [-0.05, 0) is 24.3 Å². The van der Waals surface area contributed by atoms with Crippen molar-refractivity contribution in [1.82, 2.24) is 19.9 Å². The molecule has 31 heavy (non-hydrogen) atoms. The summed E-state index contributed by atoms with van der Waals surface area (Å²) >= 11 is 0. The molecule has 3 N–H and O–H groups in total. The van der Waals surface area contributed by atoms with Crippen molar-refractivity contribution in [3.63, 3.8) is 0 Å². The molecule has 2 aromatic heterocycles. The quantitative estimate of drug-likeness (QED) is 0.516. The molecule has 1 aromatic carbocycles. The van der Waals surface area contributed by atoms with Gasteiger partial charge in [0.1, 0.15) is 0 Å². The minimum atomic E-state index is -0.973. The Morgan fingerprint density at radius 3 is 2.29 bits per heavy atom. The topological polar surface area (TPSA) is 150 Å². The number of anilines is 3. The number of carboxylic acids is 1. The highest BCUT2D eigenvalue weighted by Crippen LogP contribution is 2.20. The lowest BCUT2D eigenvalue weighted by Gasteiger charge is -2.19. The molecule has 2 amide bonds. The third-order valence-corrected chi connectivity index (χ3v) is 4.30. The lowest BCUT2D eigenvalue weighted by molar-refractivity contribution is -0.115. The molecule has 0 aliphatic carbocycles. The SMILES string of the molecule is CC(=O)Nc1nc(NC(C)=O)c2nc(CCN(C)c3ccc(C(=O)O)cc3)cnc2n1. The number of hydrogen-bond donors (Lipinski definition) is 3. The number of carboxylic acid groups (broad SMARTS) is 1. The van der Waals surface area contributed by atoms with Crippen LogP contribution in [-0.4, -0.2) is 56.4 Å². The highest BCUT2D eigenvalue weighted by molar-refractivity contribution is 5.97. The number of aromatic carboxylic acids is 1. The summed E-state index contributed by atoms with van der Waals surface area (Å²) in [5.41, 5.74) is 2.30. The number of fused-ring (bicyclic) bond motifs is 1. The second-order valence-electron chi connectivity index (χ2n) is 6.82. The summed E-state index contributed by atoms with van der Waals surface area (Å²) in [6.45, 7) is 3.26. The molecule has 0 unspecified atom stereocenters. The van der Waals surface area contributed by atoms with Crippen molar-refractivity contribution in [3.05, 3.63) is 41.7 Å². The molecule has 11 heteroatoms. The smallest absolute Gasteiger partial charge is 0.335 e. The Hall–Kier alpha value is -4.15. The standard InChI is InChI=1S/C20H21N7O4/c1-11(28)22-18-16-17(25-20(26-18)23-12(2)29)21-10-14(24-16)8-9-27(3)15-6-4-13(5-7-15)19(30)31/h4-7,10H,8-9H2,1-3H3,(H,30,31)(H2,21,22,23,25,26,28,29). The molecule has 0 spiro atoms. The molecule has 0 radical (unpaired) electrons. The van der Waals surface area contributed by atoms with Crippen molar-refractivity contribution in [1.29, 1.82) is 0 Å². The van der Waals surface area contributed by atoms with E-state index in [1.54, 1.807) is 30.5 Å². The van der Waals surface area contributed by atoms with Crippen molar-refractivity contribution >= 4 is 46.4 Å². The van der Waals surface area contributed by atoms with E-state index in [0.717, 1.165) is 5.69 Å². The van der Waals surface area contributed by atoms with E-state index in [2.05, 4.69) is 30.6 Å². The molecule has 0 fully saturated rings. The van der Waals surface area contributed by atoms with Crippen LogP contribution >= 0.6 is 0 Å². The van der Waals surface area contributed by atoms with Gasteiger partial charge in [0, 0.05) is 39.5 Å². The Morgan fingerprint density at radius 2 is 1.68 bits per heavy atom. The fraction of sp³-hybridized carbons (Fsp3) is 0.250. The molecule has 0 aliphatic rings. The number of hydrogen-bond acceptors (Lipinski definition) is 8. The zero-order valence-electron chi connectivity index (χ0n) is 17.2. The first-order chi connectivity index (χ1) is 14.7. The highest BCUT2D eigenvalue weighted by Gasteiger charge is 2.14. The molecular weight excluding hydrogens is 402 g/mol. The maximum absolute atomic E-state index is 11.6. The first-order valence-electron chi connectivity index (χ1n) is 9.36. The maximum atomic E-state index is 11.6. The number of carbonyl (C=O) groups excluding carboxylic acids is 2. The Bertz CT molecular complexity index is 1150. The Labute approximate surface area is 177 Å². The van der Waals surface area contributed by atoms with Gasteiger partial charge in [0.2, 0.25) is 17.8 Å². The minimum absolute atomic E-state index is 0.0235. The van der Waals surface area contributed by atoms with Crippen LogP contribution in [0.3, 0.4) is 0 Å². The second kappa shape index (κ2) is 9.11. The third kappa shape index (κ3) is 5.47. The van der Waals surface area contributed by atoms with Crippen molar-refractivity contribution in [2.75, 3.05) is 29.1 Å². The number of aromatic nitrogens is 4. The third-order valence-electron chi connectivity index (χ3n) is 4.30. The van der Waals surface area contributed by atoms with Crippen LogP contribution in [0.25, 0.3) is 11.2 Å². The summed E-state index contributed by atoms with van der Waals surface area (Å²) in [4.78, 5) is 53.0. The summed E-state index contributed by atoms with van der Waals surface area (Å²) in [5, 5.41) is 14.1. The normalized spacial score (nSPS) is 10.5.